The summed E-state index contributed by atoms with van der Waals surface area (Å²) in [4.78, 5) is 36.8. The van der Waals surface area contributed by atoms with Gasteiger partial charge in [0.05, 0.1) is 10.9 Å². The van der Waals surface area contributed by atoms with Crippen molar-refractivity contribution in [3.63, 3.8) is 0 Å². The summed E-state index contributed by atoms with van der Waals surface area (Å²) >= 11 is 6.62. The van der Waals surface area contributed by atoms with Gasteiger partial charge in [-0.15, -0.1) is 0 Å². The molecule has 52 heavy (non-hydrogen) atoms. The summed E-state index contributed by atoms with van der Waals surface area (Å²) in [5, 5.41) is 5.71. The van der Waals surface area contributed by atoms with Gasteiger partial charge in [-0.3, -0.25) is 14.7 Å². The predicted molar refractivity (Wildman–Crippen MR) is 190 cm³/mol. The lowest BCUT2D eigenvalue weighted by atomic mass is 9.95. The lowest BCUT2D eigenvalue weighted by Crippen LogP contribution is -2.43. The number of carbonyl (C=O) groups is 1. The Bertz CT molecular complexity index is 2190. The van der Waals surface area contributed by atoms with Gasteiger partial charge < -0.3 is 19.1 Å². The number of amides is 1. The first-order chi connectivity index (χ1) is 25.0. The molecule has 3 fully saturated rings. The number of likely N-dealkylation sites (N-methyl/N-ethyl adjacent to an activating group) is 1. The molecule has 6 heterocycles. The molecule has 270 valence electrons. The Balaban J connectivity index is 1.11. The first-order valence-corrected chi connectivity index (χ1v) is 17.7. The van der Waals surface area contributed by atoms with Crippen LogP contribution in [0.4, 0.5) is 19.0 Å². The maximum Gasteiger partial charge on any atom is 0.319 e. The molecule has 0 radical (unpaired) electrons. The van der Waals surface area contributed by atoms with Crippen LogP contribution in [0.25, 0.3) is 39.0 Å². The molecule has 3 aromatic heterocycles. The highest BCUT2D eigenvalue weighted by molar-refractivity contribution is 6.36. The number of pyridine rings is 1. The summed E-state index contributed by atoms with van der Waals surface area (Å²) in [6.45, 7) is 3.87. The number of hydrogen-bond donors (Lipinski definition) is 0. The van der Waals surface area contributed by atoms with Crippen molar-refractivity contribution in [1.29, 1.82) is 0 Å². The monoisotopic (exact) mass is 732 g/mol. The van der Waals surface area contributed by atoms with E-state index in [1.807, 2.05) is 36.2 Å². The van der Waals surface area contributed by atoms with Gasteiger partial charge in [0.1, 0.15) is 23.6 Å². The van der Waals surface area contributed by atoms with Gasteiger partial charge in [0.25, 0.3) is 5.89 Å². The fraction of sp³-hybridized carbons (Fsp3) is 0.405. The van der Waals surface area contributed by atoms with Gasteiger partial charge >= 0.3 is 11.9 Å². The first kappa shape index (κ1) is 34.3. The number of fused-ring (bicyclic) bond motifs is 3. The molecule has 0 spiro atoms. The van der Waals surface area contributed by atoms with Crippen molar-refractivity contribution in [2.45, 2.75) is 56.5 Å². The van der Waals surface area contributed by atoms with E-state index in [9.17, 15) is 13.6 Å². The molecule has 1 atom stereocenters. The van der Waals surface area contributed by atoms with E-state index in [-0.39, 0.29) is 40.6 Å². The van der Waals surface area contributed by atoms with Gasteiger partial charge in [-0.2, -0.15) is 23.7 Å². The van der Waals surface area contributed by atoms with Crippen LogP contribution in [0.15, 0.2) is 53.2 Å². The van der Waals surface area contributed by atoms with Crippen molar-refractivity contribution < 1.29 is 27.2 Å². The zero-order valence-corrected chi connectivity index (χ0v) is 29.4. The molecular weight excluding hydrogens is 697 g/mol. The van der Waals surface area contributed by atoms with Crippen molar-refractivity contribution in [3.8, 4) is 17.3 Å². The molecule has 3 aliphatic heterocycles. The predicted octanol–water partition coefficient (Wildman–Crippen LogP) is 6.89. The Morgan fingerprint density at radius 2 is 1.90 bits per heavy atom. The van der Waals surface area contributed by atoms with Gasteiger partial charge in [0, 0.05) is 67.4 Å². The minimum atomic E-state index is -3.26. The van der Waals surface area contributed by atoms with Crippen LogP contribution in [0, 0.1) is 5.82 Å². The molecule has 0 N–H and O–H groups in total. The van der Waals surface area contributed by atoms with Crippen LogP contribution in [-0.2, 0) is 10.7 Å². The van der Waals surface area contributed by atoms with E-state index in [1.165, 1.54) is 12.2 Å². The number of rotatable bonds is 9. The Kier molecular flexibility index (Phi) is 8.77. The molecule has 0 bridgehead atoms. The van der Waals surface area contributed by atoms with Crippen molar-refractivity contribution in [3.05, 3.63) is 71.2 Å². The van der Waals surface area contributed by atoms with Crippen LogP contribution in [0.5, 0.6) is 6.01 Å². The molecule has 1 amide bonds. The topological polar surface area (TPSA) is 114 Å². The third-order valence-electron chi connectivity index (χ3n) is 10.6. The summed E-state index contributed by atoms with van der Waals surface area (Å²) < 4.78 is 55.1. The number of benzene rings is 2. The quantitative estimate of drug-likeness (QED) is 0.149. The number of halogens is 4. The minimum absolute atomic E-state index is 0.0681. The summed E-state index contributed by atoms with van der Waals surface area (Å²) in [5.41, 5.74) is 0.648. The average molecular weight is 733 g/mol. The van der Waals surface area contributed by atoms with Gasteiger partial charge in [-0.1, -0.05) is 47.1 Å². The molecule has 5 aromatic rings. The fourth-order valence-corrected chi connectivity index (χ4v) is 8.14. The summed E-state index contributed by atoms with van der Waals surface area (Å²) in [7, 11) is 1.84. The smallest absolute Gasteiger partial charge is 0.319 e. The number of alkyl halides is 2. The minimum Gasteiger partial charge on any atom is -0.461 e. The van der Waals surface area contributed by atoms with Crippen LogP contribution >= 0.6 is 11.6 Å². The van der Waals surface area contributed by atoms with E-state index in [1.54, 1.807) is 23.2 Å². The van der Waals surface area contributed by atoms with Crippen molar-refractivity contribution >= 4 is 51.1 Å². The van der Waals surface area contributed by atoms with Crippen LogP contribution in [0.1, 0.15) is 50.7 Å². The van der Waals surface area contributed by atoms with E-state index in [0.29, 0.717) is 60.2 Å². The molecule has 3 aliphatic rings. The van der Waals surface area contributed by atoms with Crippen LogP contribution in [-0.4, -0.2) is 92.2 Å². The summed E-state index contributed by atoms with van der Waals surface area (Å²) in [6, 6.07) is 10.9. The van der Waals surface area contributed by atoms with E-state index >= 15 is 4.39 Å². The summed E-state index contributed by atoms with van der Waals surface area (Å²) in [5.74, 6) is -4.76. The van der Waals surface area contributed by atoms with E-state index in [2.05, 4.69) is 25.0 Å². The second-order valence-corrected chi connectivity index (χ2v) is 14.3. The number of nitrogens with zero attached hydrogens (tertiary/aromatic N) is 8. The highest BCUT2D eigenvalue weighted by atomic mass is 35.5. The molecule has 11 nitrogen and oxygen atoms in total. The largest absolute Gasteiger partial charge is 0.461 e. The first-order valence-electron chi connectivity index (χ1n) is 17.3. The number of carbonyl (C=O) groups excluding carboxylic acids is 1. The van der Waals surface area contributed by atoms with Gasteiger partial charge in [-0.25, -0.2) is 4.39 Å². The number of ether oxygens (including phenoxy) is 1. The molecule has 0 unspecified atom stereocenters. The Morgan fingerprint density at radius 3 is 2.65 bits per heavy atom. The van der Waals surface area contributed by atoms with E-state index in [4.69, 9.17) is 25.8 Å². The third-order valence-corrected chi connectivity index (χ3v) is 10.9. The van der Waals surface area contributed by atoms with Crippen LogP contribution in [0.3, 0.4) is 0 Å². The van der Waals surface area contributed by atoms with Crippen molar-refractivity contribution in [2.75, 3.05) is 44.7 Å². The number of hydrogen-bond acceptors (Lipinski definition) is 10. The Labute approximate surface area is 302 Å². The van der Waals surface area contributed by atoms with Crippen LogP contribution in [0.2, 0.25) is 5.02 Å². The maximum atomic E-state index is 16.8. The Morgan fingerprint density at radius 1 is 1.13 bits per heavy atom. The highest BCUT2D eigenvalue weighted by Gasteiger charge is 2.45. The molecule has 0 saturated carbocycles. The fourth-order valence-electron chi connectivity index (χ4n) is 7.86. The Hall–Kier alpha value is -4.82. The second kappa shape index (κ2) is 13.3. The number of aromatic nitrogens is 5. The molecule has 8 rings (SSSR count). The van der Waals surface area contributed by atoms with E-state index in [0.717, 1.165) is 44.2 Å². The zero-order chi connectivity index (χ0) is 36.2. The normalized spacial score (nSPS) is 19.0. The molecule has 2 aromatic carbocycles. The van der Waals surface area contributed by atoms with Crippen LogP contribution < -0.4 is 9.64 Å². The molecule has 3 saturated heterocycles. The zero-order valence-electron chi connectivity index (χ0n) is 28.7. The highest BCUT2D eigenvalue weighted by Crippen LogP contribution is 2.41. The van der Waals surface area contributed by atoms with Gasteiger partial charge in [0.2, 0.25) is 11.7 Å². The molecule has 15 heteroatoms. The number of anilines is 1. The third kappa shape index (κ3) is 6.21. The molecular formula is C37H36ClF3N8O3. The standard InChI is InChI=1S/C37H36ClF3N8O3/c1-36(40,41)34-43-27(52-46-34)11-12-28(50)48-18-13-23(20-48)47(2)33-25-19-42-31(24-9-3-7-22-8-4-10-26(38)29(22)24)30(39)32(25)44-35(45-33)51-21-37-14-5-16-49(37)17-6-15-37/h3-4,7-12,19,23H,5-6,13-18,20-21H2,1-2H3/b12-11+/t23-/m1/s1. The number of likely N-dealkylation sites (tertiary alicyclic amines) is 1. The SMILES string of the molecule is CN(c1nc(OCC23CCCN2CCC3)nc2c(F)c(-c3cccc4cccc(Cl)c34)ncc12)[C@@H]1CCN(C(=O)/C=C/c2nc(C(C)(F)F)no2)C1. The average Bonchev–Trinajstić information content (AvgIpc) is 3.94. The maximum absolute atomic E-state index is 16.8. The molecule has 0 aliphatic carbocycles. The van der Waals surface area contributed by atoms with Gasteiger partial charge in [0.15, 0.2) is 5.82 Å². The second-order valence-electron chi connectivity index (χ2n) is 13.9. The van der Waals surface area contributed by atoms with Crippen molar-refractivity contribution in [2.24, 2.45) is 0 Å². The van der Waals surface area contributed by atoms with Gasteiger partial charge in [-0.05, 0) is 56.6 Å². The lowest BCUT2D eigenvalue weighted by molar-refractivity contribution is -0.125. The van der Waals surface area contributed by atoms with Crippen molar-refractivity contribution in [1.82, 2.24) is 34.9 Å². The lowest BCUT2D eigenvalue weighted by Gasteiger charge is -2.31. The van der Waals surface area contributed by atoms with E-state index < -0.39 is 17.6 Å². The summed E-state index contributed by atoms with van der Waals surface area (Å²) in [6.07, 6.45) is 8.85.